The third-order valence-electron chi connectivity index (χ3n) is 11.2. The predicted molar refractivity (Wildman–Crippen MR) is 62.8 cm³/mol. The van der Waals surface area contributed by atoms with E-state index < -0.39 is 0 Å². The van der Waals surface area contributed by atoms with E-state index in [4.69, 9.17) is 0 Å². The molecule has 0 heterocycles. The van der Waals surface area contributed by atoms with E-state index in [1.54, 1.807) is 0 Å². The molecule has 0 aromatic rings. The van der Waals surface area contributed by atoms with Crippen LogP contribution in [-0.4, -0.2) is 0 Å². The first-order chi connectivity index (χ1) is 9.00. The summed E-state index contributed by atoms with van der Waals surface area (Å²) < 4.78 is 0. The summed E-state index contributed by atoms with van der Waals surface area (Å²) in [6.07, 6.45) is 0. The summed E-state index contributed by atoms with van der Waals surface area (Å²) >= 11 is 0. The number of rotatable bonds is 0. The highest BCUT2D eigenvalue weighted by Crippen LogP contribution is 3.01. The molecule has 18 heavy (non-hydrogen) atoms. The Hall–Kier alpha value is 0. The van der Waals surface area contributed by atoms with E-state index in [1.807, 2.05) is 0 Å². The number of hydrogen-bond acceptors (Lipinski definition) is 0. The molecule has 11 aliphatic rings. The highest BCUT2D eigenvalue weighted by Gasteiger charge is 2.98. The molecule has 0 aromatic carbocycles. The van der Waals surface area contributed by atoms with Crippen molar-refractivity contribution in [3.63, 3.8) is 0 Å². The second-order valence-corrected chi connectivity index (χ2v) is 10.4. The molecule has 0 unspecified atom stereocenters. The largest absolute Gasteiger partial charge is 0.0312 e. The summed E-state index contributed by atoms with van der Waals surface area (Å²) in [5, 5.41) is 0. The second-order valence-electron chi connectivity index (χ2n) is 10.4. The summed E-state index contributed by atoms with van der Waals surface area (Å²) in [5.74, 6) is 24.0. The quantitative estimate of drug-likeness (QED) is 0.603. The van der Waals surface area contributed by atoms with Crippen molar-refractivity contribution in [2.75, 3.05) is 0 Å². The first-order valence-corrected chi connectivity index (χ1v) is 9.00. The first kappa shape index (κ1) is 7.14. The minimum atomic E-state index is 1.33. The Morgan fingerprint density at radius 1 is 0.111 bits per heavy atom. The zero-order valence-corrected chi connectivity index (χ0v) is 10.4. The van der Waals surface area contributed by atoms with Crippen LogP contribution in [0.5, 0.6) is 0 Å². The van der Waals surface area contributed by atoms with Gasteiger partial charge in [-0.3, -0.25) is 0 Å². The van der Waals surface area contributed by atoms with Crippen LogP contribution in [-0.2, 0) is 0 Å². The molecule has 0 bridgehead atoms. The molecule has 0 atom stereocenters. The maximum Gasteiger partial charge on any atom is -0.0312 e. The Kier molecular flexibility index (Phi) is 0.592. The van der Waals surface area contributed by atoms with Crippen LogP contribution in [0, 0.1) is 107 Å². The fourth-order valence-electron chi connectivity index (χ4n) is 11.5. The first-order valence-electron chi connectivity index (χ1n) is 9.00. The molecule has 0 N–H and O–H groups in total. The van der Waals surface area contributed by atoms with Crippen molar-refractivity contribution in [1.29, 1.82) is 0 Å². The van der Waals surface area contributed by atoms with Crippen molar-refractivity contribution >= 4 is 0 Å². The van der Waals surface area contributed by atoms with Crippen molar-refractivity contribution in [1.82, 2.24) is 0 Å². The minimum absolute atomic E-state index is 1.33. The molecule has 0 aliphatic heterocycles. The Bertz CT molecular complexity index is 410. The summed E-state index contributed by atoms with van der Waals surface area (Å²) in [6.45, 7) is 0. The third-order valence-corrected chi connectivity index (χ3v) is 11.2. The molecule has 0 radical (unpaired) electrons. The summed E-state index contributed by atoms with van der Waals surface area (Å²) in [6, 6.07) is 0. The van der Waals surface area contributed by atoms with Gasteiger partial charge in [-0.15, -0.1) is 0 Å². The summed E-state index contributed by atoms with van der Waals surface area (Å²) in [7, 11) is 0. The maximum atomic E-state index is 1.33. The third kappa shape index (κ3) is 0.391. The lowest BCUT2D eigenvalue weighted by atomic mass is 10.0. The van der Waals surface area contributed by atoms with Gasteiger partial charge in [0.2, 0.25) is 0 Å². The van der Waals surface area contributed by atoms with E-state index in [0.717, 1.165) is 0 Å². The monoisotopic (exact) mass is 234 g/mol. The average molecular weight is 234 g/mol. The minimum Gasteiger partial charge on any atom is -0.0312 e. The molecule has 0 spiro atoms. The smallest absolute Gasteiger partial charge is 0.0312 e. The summed E-state index contributed by atoms with van der Waals surface area (Å²) in [5.41, 5.74) is 0. The standard InChI is InChI=1S/C18H18/c1-2-4-6-5-3(1)14(5)17-9-7-8(15(7)13(1)2)10-12(11(9)17)18(10)16(4)6/h1-18H. The molecule has 0 amide bonds. The van der Waals surface area contributed by atoms with E-state index >= 15 is 0 Å². The van der Waals surface area contributed by atoms with E-state index in [1.165, 1.54) is 107 Å². The molecule has 90 valence electrons. The molecule has 11 saturated carbocycles. The normalized spacial score (nSPS) is 108. The lowest BCUT2D eigenvalue weighted by Gasteiger charge is -2.03. The predicted octanol–water partition coefficient (Wildman–Crippen LogP) is 2.21. The van der Waals surface area contributed by atoms with Crippen LogP contribution in [0.4, 0.5) is 0 Å². The van der Waals surface area contributed by atoms with Crippen molar-refractivity contribution in [3.05, 3.63) is 0 Å². The zero-order chi connectivity index (χ0) is 10.4. The van der Waals surface area contributed by atoms with Crippen LogP contribution < -0.4 is 0 Å². The lowest BCUT2D eigenvalue weighted by molar-refractivity contribution is 0.434. The molecule has 0 saturated heterocycles. The van der Waals surface area contributed by atoms with Gasteiger partial charge in [-0.05, 0) is 107 Å². The zero-order valence-electron chi connectivity index (χ0n) is 10.4. The SMILES string of the molecule is C12C3C4C5C6C1C6C1C6C7C(C8C(C61)C8C45)C7C23. The van der Waals surface area contributed by atoms with Gasteiger partial charge in [0.05, 0.1) is 0 Å². The van der Waals surface area contributed by atoms with E-state index in [-0.39, 0.29) is 0 Å². The molecule has 11 fully saturated rings. The van der Waals surface area contributed by atoms with Gasteiger partial charge in [-0.1, -0.05) is 0 Å². The Balaban J connectivity index is 1.43. The van der Waals surface area contributed by atoms with Gasteiger partial charge in [-0.2, -0.15) is 0 Å². The van der Waals surface area contributed by atoms with Crippen LogP contribution in [0.2, 0.25) is 0 Å². The highest BCUT2D eigenvalue weighted by molar-refractivity contribution is 5.45. The fraction of sp³-hybridized carbons (Fsp3) is 1.00. The van der Waals surface area contributed by atoms with Crippen LogP contribution in [0.3, 0.4) is 0 Å². The molecular formula is C18H18. The van der Waals surface area contributed by atoms with Crippen molar-refractivity contribution in [2.24, 2.45) is 107 Å². The van der Waals surface area contributed by atoms with E-state index in [9.17, 15) is 0 Å². The Labute approximate surface area is 107 Å². The van der Waals surface area contributed by atoms with Crippen LogP contribution in [0.25, 0.3) is 0 Å². The summed E-state index contributed by atoms with van der Waals surface area (Å²) in [4.78, 5) is 0. The van der Waals surface area contributed by atoms with Gasteiger partial charge in [0, 0.05) is 0 Å². The van der Waals surface area contributed by atoms with Crippen molar-refractivity contribution in [3.8, 4) is 0 Å². The topological polar surface area (TPSA) is 0 Å². The molecule has 0 heteroatoms. The molecule has 11 aliphatic carbocycles. The Morgan fingerprint density at radius 2 is 0.167 bits per heavy atom. The van der Waals surface area contributed by atoms with Crippen LogP contribution in [0.15, 0.2) is 0 Å². The van der Waals surface area contributed by atoms with Crippen LogP contribution >= 0.6 is 0 Å². The van der Waals surface area contributed by atoms with Crippen molar-refractivity contribution in [2.45, 2.75) is 0 Å². The van der Waals surface area contributed by atoms with Gasteiger partial charge < -0.3 is 0 Å². The molecular weight excluding hydrogens is 216 g/mol. The van der Waals surface area contributed by atoms with Gasteiger partial charge >= 0.3 is 0 Å². The maximum absolute atomic E-state index is 1.33. The van der Waals surface area contributed by atoms with E-state index in [2.05, 4.69) is 0 Å². The average Bonchev–Trinajstić information content (AvgIpc) is 3.05. The van der Waals surface area contributed by atoms with E-state index in [0.29, 0.717) is 0 Å². The van der Waals surface area contributed by atoms with Crippen LogP contribution in [0.1, 0.15) is 0 Å². The lowest BCUT2D eigenvalue weighted by Crippen LogP contribution is -2.00. The van der Waals surface area contributed by atoms with Gasteiger partial charge in [0.15, 0.2) is 0 Å². The highest BCUT2D eigenvalue weighted by atomic mass is 15.0. The second kappa shape index (κ2) is 1.49. The Morgan fingerprint density at radius 3 is 0.222 bits per heavy atom. The van der Waals surface area contributed by atoms with Gasteiger partial charge in [0.25, 0.3) is 0 Å². The van der Waals surface area contributed by atoms with Crippen molar-refractivity contribution < 1.29 is 0 Å². The fourth-order valence-corrected chi connectivity index (χ4v) is 11.5. The molecule has 0 aromatic heterocycles. The van der Waals surface area contributed by atoms with Gasteiger partial charge in [-0.25, -0.2) is 0 Å². The van der Waals surface area contributed by atoms with Gasteiger partial charge in [0.1, 0.15) is 0 Å². The number of hydrogen-bond donors (Lipinski definition) is 0. The molecule has 0 nitrogen and oxygen atoms in total. The molecule has 11 rings (SSSR count).